The average molecular weight is 389 g/mol. The monoisotopic (exact) mass is 389 g/mol. The highest BCUT2D eigenvalue weighted by molar-refractivity contribution is 7.92. The molecule has 0 fully saturated rings. The highest BCUT2D eigenvalue weighted by Gasteiger charge is 2.34. The Bertz CT molecular complexity index is 902. The molecule has 0 saturated heterocycles. The molecule has 1 aliphatic rings. The van der Waals surface area contributed by atoms with E-state index in [9.17, 15) is 13.2 Å². The normalized spacial score (nSPS) is 16.2. The van der Waals surface area contributed by atoms with Crippen LogP contribution < -0.4 is 19.3 Å². The van der Waals surface area contributed by atoms with E-state index in [-0.39, 0.29) is 12.5 Å². The second kappa shape index (κ2) is 7.87. The lowest BCUT2D eigenvalue weighted by molar-refractivity contribution is -0.127. The van der Waals surface area contributed by atoms with Gasteiger partial charge in [0.15, 0.2) is 6.10 Å². The van der Waals surface area contributed by atoms with Crippen LogP contribution in [0.4, 0.5) is 11.4 Å². The molecule has 2 aromatic rings. The quantitative estimate of drug-likeness (QED) is 0.809. The van der Waals surface area contributed by atoms with Crippen LogP contribution >= 0.6 is 0 Å². The molecule has 1 N–H and O–H groups in total. The zero-order valence-electron chi connectivity index (χ0n) is 15.3. The van der Waals surface area contributed by atoms with Gasteiger partial charge in [0.1, 0.15) is 5.75 Å². The van der Waals surface area contributed by atoms with Crippen LogP contribution in [-0.4, -0.2) is 53.4 Å². The molecule has 0 saturated carbocycles. The van der Waals surface area contributed by atoms with E-state index in [1.807, 2.05) is 42.3 Å². The lowest BCUT2D eigenvalue weighted by atomic mass is 10.2. The Morgan fingerprint density at radius 2 is 1.85 bits per heavy atom. The van der Waals surface area contributed by atoms with E-state index in [1.54, 1.807) is 24.3 Å². The van der Waals surface area contributed by atoms with Gasteiger partial charge in [-0.05, 0) is 24.3 Å². The van der Waals surface area contributed by atoms with Crippen molar-refractivity contribution in [2.45, 2.75) is 6.10 Å². The molecule has 0 spiro atoms. The zero-order chi connectivity index (χ0) is 19.4. The molecule has 27 heavy (non-hydrogen) atoms. The van der Waals surface area contributed by atoms with Gasteiger partial charge in [-0.2, -0.15) is 0 Å². The number of hydrogen-bond donors (Lipinski definition) is 1. The first-order chi connectivity index (χ1) is 12.9. The predicted molar refractivity (Wildman–Crippen MR) is 106 cm³/mol. The van der Waals surface area contributed by atoms with Crippen molar-refractivity contribution in [2.75, 3.05) is 42.1 Å². The lowest BCUT2D eigenvalue weighted by Crippen LogP contribution is -2.51. The van der Waals surface area contributed by atoms with Crippen LogP contribution in [0.15, 0.2) is 54.6 Å². The summed E-state index contributed by atoms with van der Waals surface area (Å²) in [6.45, 7) is 0.996. The summed E-state index contributed by atoms with van der Waals surface area (Å²) in [5.74, 6) is 0.0512. The molecule has 1 atom stereocenters. The molecule has 0 unspecified atom stereocenters. The Hall–Kier alpha value is -2.74. The van der Waals surface area contributed by atoms with Crippen LogP contribution in [0, 0.1) is 0 Å². The number of sulfonamides is 1. The zero-order valence-corrected chi connectivity index (χ0v) is 16.1. The second-order valence-electron chi connectivity index (χ2n) is 6.42. The molecule has 0 bridgehead atoms. The summed E-state index contributed by atoms with van der Waals surface area (Å²) in [6, 6.07) is 16.7. The Kier molecular flexibility index (Phi) is 5.55. The van der Waals surface area contributed by atoms with Crippen molar-refractivity contribution in [3.05, 3.63) is 54.6 Å². The Balaban J connectivity index is 1.62. The van der Waals surface area contributed by atoms with Gasteiger partial charge in [0.2, 0.25) is 10.0 Å². The minimum absolute atomic E-state index is 0.0454. The number of para-hydroxylation sites is 3. The molecular weight excluding hydrogens is 366 g/mol. The molecule has 144 valence electrons. The highest BCUT2D eigenvalue weighted by Crippen LogP contribution is 2.34. The van der Waals surface area contributed by atoms with Crippen LogP contribution in [0.25, 0.3) is 0 Å². The molecule has 1 aliphatic heterocycles. The number of nitrogens with one attached hydrogen (secondary N) is 1. The van der Waals surface area contributed by atoms with Crippen LogP contribution in [0.3, 0.4) is 0 Å². The number of anilines is 2. The van der Waals surface area contributed by atoms with Gasteiger partial charge in [0.05, 0.1) is 18.5 Å². The fraction of sp³-hybridized carbons (Fsp3) is 0.316. The Morgan fingerprint density at radius 3 is 2.56 bits per heavy atom. The predicted octanol–water partition coefficient (Wildman–Crippen LogP) is 1.47. The van der Waals surface area contributed by atoms with Gasteiger partial charge in [-0.15, -0.1) is 0 Å². The minimum Gasteiger partial charge on any atom is -0.476 e. The summed E-state index contributed by atoms with van der Waals surface area (Å²) in [6.07, 6.45) is 0.232. The smallest absolute Gasteiger partial charge is 0.263 e. The van der Waals surface area contributed by atoms with Crippen molar-refractivity contribution in [3.8, 4) is 5.75 Å². The maximum absolute atomic E-state index is 12.5. The first kappa shape index (κ1) is 19.0. The van der Waals surface area contributed by atoms with Crippen molar-refractivity contribution < 1.29 is 17.9 Å². The summed E-state index contributed by atoms with van der Waals surface area (Å²) in [4.78, 5) is 14.6. The number of fused-ring (bicyclic) bond motifs is 1. The molecule has 3 rings (SSSR count). The van der Waals surface area contributed by atoms with Crippen molar-refractivity contribution in [2.24, 2.45) is 0 Å². The topological polar surface area (TPSA) is 79.0 Å². The summed E-state index contributed by atoms with van der Waals surface area (Å²) in [5.41, 5.74) is 1.51. The Labute approximate surface area is 159 Å². The van der Waals surface area contributed by atoms with Gasteiger partial charge in [0, 0.05) is 25.8 Å². The standard InChI is InChI=1S/C19H23N3O4S/c1-21(15-8-4-3-5-9-15)13-12-20-19(23)18-14-22(27(2,24)25)16-10-6-7-11-17(16)26-18/h3-11,18H,12-14H2,1-2H3,(H,20,23)/t18-/m1/s1. The molecule has 0 radical (unpaired) electrons. The van der Waals surface area contributed by atoms with Crippen molar-refractivity contribution in [3.63, 3.8) is 0 Å². The summed E-state index contributed by atoms with van der Waals surface area (Å²) in [7, 11) is -1.57. The Morgan fingerprint density at radius 1 is 1.19 bits per heavy atom. The van der Waals surface area contributed by atoms with Gasteiger partial charge in [-0.1, -0.05) is 30.3 Å². The van der Waals surface area contributed by atoms with Gasteiger partial charge in [0.25, 0.3) is 5.91 Å². The maximum Gasteiger partial charge on any atom is 0.263 e. The van der Waals surface area contributed by atoms with Crippen molar-refractivity contribution in [1.82, 2.24) is 5.32 Å². The van der Waals surface area contributed by atoms with Crippen LogP contribution in [0.2, 0.25) is 0 Å². The fourth-order valence-electron chi connectivity index (χ4n) is 2.93. The van der Waals surface area contributed by atoms with Gasteiger partial charge < -0.3 is 15.0 Å². The molecule has 1 amide bonds. The number of nitrogens with zero attached hydrogens (tertiary/aromatic N) is 2. The molecule has 7 nitrogen and oxygen atoms in total. The summed E-state index contributed by atoms with van der Waals surface area (Å²) < 4.78 is 31.2. The SMILES string of the molecule is CN(CCNC(=O)[C@H]1CN(S(C)(=O)=O)c2ccccc2O1)c1ccccc1. The second-order valence-corrected chi connectivity index (χ2v) is 8.32. The third kappa shape index (κ3) is 4.51. The van der Waals surface area contributed by atoms with Gasteiger partial charge in [-0.25, -0.2) is 8.42 Å². The maximum atomic E-state index is 12.5. The van der Waals surface area contributed by atoms with Crippen LogP contribution in [0.1, 0.15) is 0 Å². The highest BCUT2D eigenvalue weighted by atomic mass is 32.2. The number of carbonyl (C=O) groups excluding carboxylic acids is 1. The van der Waals surface area contributed by atoms with E-state index >= 15 is 0 Å². The number of rotatable bonds is 6. The molecule has 1 heterocycles. The number of benzene rings is 2. The first-order valence-electron chi connectivity index (χ1n) is 8.63. The molecule has 8 heteroatoms. The van der Waals surface area contributed by atoms with Gasteiger partial charge in [-0.3, -0.25) is 9.10 Å². The van der Waals surface area contributed by atoms with E-state index in [0.29, 0.717) is 24.5 Å². The van der Waals surface area contributed by atoms with Crippen molar-refractivity contribution in [1.29, 1.82) is 0 Å². The number of likely N-dealkylation sites (N-methyl/N-ethyl adjacent to an activating group) is 1. The van der Waals surface area contributed by atoms with Crippen molar-refractivity contribution >= 4 is 27.3 Å². The largest absolute Gasteiger partial charge is 0.476 e. The number of carbonyl (C=O) groups is 1. The van der Waals surface area contributed by atoms with E-state index in [2.05, 4.69) is 5.32 Å². The average Bonchev–Trinajstić information content (AvgIpc) is 2.66. The molecule has 2 aromatic carbocycles. The van der Waals surface area contributed by atoms with E-state index < -0.39 is 16.1 Å². The summed E-state index contributed by atoms with van der Waals surface area (Å²) in [5, 5.41) is 2.83. The third-order valence-corrected chi connectivity index (χ3v) is 5.52. The van der Waals surface area contributed by atoms with E-state index in [1.165, 1.54) is 4.31 Å². The lowest BCUT2D eigenvalue weighted by Gasteiger charge is -2.34. The number of hydrogen-bond acceptors (Lipinski definition) is 5. The van der Waals surface area contributed by atoms with E-state index in [0.717, 1.165) is 11.9 Å². The molecule has 0 aromatic heterocycles. The number of ether oxygens (including phenoxy) is 1. The van der Waals surface area contributed by atoms with Crippen LogP contribution in [-0.2, 0) is 14.8 Å². The third-order valence-electron chi connectivity index (χ3n) is 4.37. The molecular formula is C19H23N3O4S. The first-order valence-corrected chi connectivity index (χ1v) is 10.5. The minimum atomic E-state index is -3.51. The molecule has 0 aliphatic carbocycles. The fourth-order valence-corrected chi connectivity index (χ4v) is 3.84. The van der Waals surface area contributed by atoms with Gasteiger partial charge >= 0.3 is 0 Å². The summed E-state index contributed by atoms with van der Waals surface area (Å²) >= 11 is 0. The number of amides is 1. The van der Waals surface area contributed by atoms with Crippen LogP contribution in [0.5, 0.6) is 5.75 Å². The van der Waals surface area contributed by atoms with E-state index in [4.69, 9.17) is 4.74 Å².